The first-order valence-corrected chi connectivity index (χ1v) is 12.7. The number of carbonyl (C=O) groups is 2. The van der Waals surface area contributed by atoms with Crippen LogP contribution in [0, 0.1) is 25.7 Å². The summed E-state index contributed by atoms with van der Waals surface area (Å²) in [5.74, 6) is -2.13. The second-order valence-corrected chi connectivity index (χ2v) is 8.86. The zero-order valence-electron chi connectivity index (χ0n) is 23.5. The Morgan fingerprint density at radius 1 is 0.861 bits per heavy atom. The Bertz CT molecular complexity index is 770. The van der Waals surface area contributed by atoms with Crippen LogP contribution in [0.4, 0.5) is 0 Å². The Labute approximate surface area is 217 Å². The molecule has 0 bridgehead atoms. The molecule has 0 radical (unpaired) electrons. The van der Waals surface area contributed by atoms with Gasteiger partial charge in [-0.1, -0.05) is 47.6 Å². The fourth-order valence-electron chi connectivity index (χ4n) is 2.23. The summed E-state index contributed by atoms with van der Waals surface area (Å²) in [6.45, 7) is 15.2. The molecule has 8 nitrogen and oxygen atoms in total. The molecule has 1 unspecified atom stereocenters. The summed E-state index contributed by atoms with van der Waals surface area (Å²) in [4.78, 5) is 28.1. The van der Waals surface area contributed by atoms with E-state index in [0.717, 1.165) is 36.2 Å². The SMILES string of the molecule is CCC(N)c1ccc(C)nc1.CC[C@H](C)C(=O)O.CC[C@H](C)C(=O)[O-].CC[C@H]([NH3+])c1ccc(C)nc1. The van der Waals surface area contributed by atoms with Gasteiger partial charge in [0.2, 0.25) is 0 Å². The molecule has 204 valence electrons. The summed E-state index contributed by atoms with van der Waals surface area (Å²) in [7, 11) is 0. The Morgan fingerprint density at radius 3 is 1.53 bits per heavy atom. The van der Waals surface area contributed by atoms with E-state index in [4.69, 9.17) is 10.8 Å². The van der Waals surface area contributed by atoms with Gasteiger partial charge in [-0.05, 0) is 62.8 Å². The maximum Gasteiger partial charge on any atom is 0.306 e. The van der Waals surface area contributed by atoms with E-state index >= 15 is 0 Å². The van der Waals surface area contributed by atoms with Crippen LogP contribution in [0.25, 0.3) is 0 Å². The summed E-state index contributed by atoms with van der Waals surface area (Å²) >= 11 is 0. The van der Waals surface area contributed by atoms with E-state index in [9.17, 15) is 14.7 Å². The van der Waals surface area contributed by atoms with Crippen molar-refractivity contribution in [2.75, 3.05) is 0 Å². The lowest BCUT2D eigenvalue weighted by atomic mass is 10.1. The monoisotopic (exact) mass is 504 g/mol. The normalized spacial score (nSPS) is 13.2. The van der Waals surface area contributed by atoms with Gasteiger partial charge in [-0.15, -0.1) is 0 Å². The predicted octanol–water partition coefficient (Wildman–Crippen LogP) is 3.78. The number of hydrogen-bond acceptors (Lipinski definition) is 6. The van der Waals surface area contributed by atoms with E-state index in [-0.39, 0.29) is 17.9 Å². The van der Waals surface area contributed by atoms with Crippen LogP contribution in [0.2, 0.25) is 0 Å². The molecule has 0 aliphatic heterocycles. The molecule has 2 aromatic rings. The van der Waals surface area contributed by atoms with Gasteiger partial charge in [0, 0.05) is 47.8 Å². The second kappa shape index (κ2) is 20.4. The lowest BCUT2D eigenvalue weighted by Gasteiger charge is -2.07. The van der Waals surface area contributed by atoms with Gasteiger partial charge in [0.15, 0.2) is 0 Å². The molecule has 0 fully saturated rings. The molecule has 2 rings (SSSR count). The number of aliphatic carboxylic acids is 2. The molecule has 0 saturated heterocycles. The van der Waals surface area contributed by atoms with Crippen LogP contribution in [0.15, 0.2) is 36.7 Å². The van der Waals surface area contributed by atoms with Gasteiger partial charge < -0.3 is 26.5 Å². The molecular formula is C28H48N4O4. The van der Waals surface area contributed by atoms with E-state index in [1.807, 2.05) is 58.3 Å². The number of aryl methyl sites for hydroxylation is 2. The van der Waals surface area contributed by atoms with Gasteiger partial charge in [0.05, 0.1) is 5.92 Å². The van der Waals surface area contributed by atoms with Crippen LogP contribution in [0.1, 0.15) is 102 Å². The summed E-state index contributed by atoms with van der Waals surface area (Å²) in [6, 6.07) is 8.69. The van der Waals surface area contributed by atoms with E-state index in [1.165, 1.54) is 5.56 Å². The summed E-state index contributed by atoms with van der Waals surface area (Å²) in [6.07, 6.45) is 7.17. The first kappa shape index (κ1) is 35.3. The highest BCUT2D eigenvalue weighted by molar-refractivity contribution is 5.69. The molecule has 0 aliphatic rings. The van der Waals surface area contributed by atoms with Crippen LogP contribution in [-0.2, 0) is 9.59 Å². The van der Waals surface area contributed by atoms with Gasteiger partial charge >= 0.3 is 5.97 Å². The number of aromatic nitrogens is 2. The Balaban J connectivity index is 0. The van der Waals surface area contributed by atoms with E-state index in [1.54, 1.807) is 13.8 Å². The van der Waals surface area contributed by atoms with Crippen molar-refractivity contribution in [1.29, 1.82) is 0 Å². The maximum absolute atomic E-state index is 9.93. The van der Waals surface area contributed by atoms with Crippen molar-refractivity contribution in [3.63, 3.8) is 0 Å². The molecule has 36 heavy (non-hydrogen) atoms. The quantitative estimate of drug-likeness (QED) is 0.493. The summed E-state index contributed by atoms with van der Waals surface area (Å²) in [5, 5.41) is 18.0. The summed E-state index contributed by atoms with van der Waals surface area (Å²) in [5.41, 5.74) is 14.3. The predicted molar refractivity (Wildman–Crippen MR) is 143 cm³/mol. The number of rotatable bonds is 8. The summed E-state index contributed by atoms with van der Waals surface area (Å²) < 4.78 is 0. The van der Waals surface area contributed by atoms with Gasteiger partial charge in [-0.2, -0.15) is 0 Å². The smallest absolute Gasteiger partial charge is 0.306 e. The van der Waals surface area contributed by atoms with Crippen molar-refractivity contribution in [3.05, 3.63) is 59.2 Å². The van der Waals surface area contributed by atoms with Gasteiger partial charge in [-0.25, -0.2) is 0 Å². The molecule has 0 amide bonds. The molecule has 6 N–H and O–H groups in total. The van der Waals surface area contributed by atoms with Crippen LogP contribution in [0.3, 0.4) is 0 Å². The topological polar surface area (TPSA) is 157 Å². The molecule has 0 spiro atoms. The first-order valence-electron chi connectivity index (χ1n) is 12.7. The van der Waals surface area contributed by atoms with Crippen molar-refractivity contribution in [3.8, 4) is 0 Å². The van der Waals surface area contributed by atoms with E-state index in [2.05, 4.69) is 35.6 Å². The number of nitrogens with two attached hydrogens (primary N) is 1. The minimum Gasteiger partial charge on any atom is -0.550 e. The van der Waals surface area contributed by atoms with Crippen molar-refractivity contribution in [2.24, 2.45) is 17.6 Å². The Kier molecular flexibility index (Phi) is 20.0. The number of quaternary nitrogens is 1. The highest BCUT2D eigenvalue weighted by Crippen LogP contribution is 2.12. The van der Waals surface area contributed by atoms with Crippen LogP contribution in [0.5, 0.6) is 0 Å². The minimum atomic E-state index is -0.956. The van der Waals surface area contributed by atoms with Crippen molar-refractivity contribution >= 4 is 11.9 Å². The first-order chi connectivity index (χ1) is 16.8. The Hall–Kier alpha value is -2.84. The average molecular weight is 505 g/mol. The van der Waals surface area contributed by atoms with Crippen LogP contribution in [-0.4, -0.2) is 27.0 Å². The largest absolute Gasteiger partial charge is 0.550 e. The molecule has 0 aliphatic carbocycles. The van der Waals surface area contributed by atoms with Gasteiger partial charge in [-0.3, -0.25) is 14.8 Å². The third kappa shape index (κ3) is 16.7. The third-order valence-electron chi connectivity index (χ3n) is 5.75. The molecule has 4 atom stereocenters. The molecular weight excluding hydrogens is 456 g/mol. The highest BCUT2D eigenvalue weighted by atomic mass is 16.4. The van der Waals surface area contributed by atoms with Crippen LogP contribution >= 0.6 is 0 Å². The number of hydrogen-bond donors (Lipinski definition) is 3. The minimum absolute atomic E-state index is 0.142. The number of carboxylic acids is 2. The van der Waals surface area contributed by atoms with Gasteiger partial charge in [0.25, 0.3) is 0 Å². The zero-order valence-corrected chi connectivity index (χ0v) is 23.5. The standard InChI is InChI=1S/2C9H14N2.2C5H10O2/c2*1-3-9(10)8-5-4-7(2)11-6-8;2*1-3-4(2)5(6)7/h2*4-6,9H,3,10H2,1-2H3;2*4H,3H2,1-2H3,(H,6,7)/t9-;;2*4-/m0.00/s1. The molecule has 0 aromatic carbocycles. The Morgan fingerprint density at radius 2 is 1.31 bits per heavy atom. The molecule has 0 saturated carbocycles. The molecule has 2 heterocycles. The number of nitrogens with zero attached hydrogens (tertiary/aromatic N) is 2. The fourth-order valence-corrected chi connectivity index (χ4v) is 2.23. The maximum atomic E-state index is 9.93. The number of carbonyl (C=O) groups excluding carboxylic acids is 1. The fraction of sp³-hybridized carbons (Fsp3) is 0.571. The third-order valence-corrected chi connectivity index (χ3v) is 5.75. The highest BCUT2D eigenvalue weighted by Gasteiger charge is 2.06. The zero-order chi connectivity index (χ0) is 28.3. The van der Waals surface area contributed by atoms with E-state index < -0.39 is 11.9 Å². The second-order valence-electron chi connectivity index (χ2n) is 8.86. The van der Waals surface area contributed by atoms with E-state index in [0.29, 0.717) is 12.5 Å². The molecule has 2 aromatic heterocycles. The van der Waals surface area contributed by atoms with Crippen LogP contribution < -0.4 is 16.6 Å². The number of carboxylic acid groups (broad SMARTS) is 2. The average Bonchev–Trinajstić information content (AvgIpc) is 2.88. The van der Waals surface area contributed by atoms with Crippen molar-refractivity contribution in [2.45, 2.75) is 93.2 Å². The lowest BCUT2D eigenvalue weighted by molar-refractivity contribution is -0.427. The molecule has 8 heteroatoms. The van der Waals surface area contributed by atoms with Crippen molar-refractivity contribution < 1.29 is 25.5 Å². The lowest BCUT2D eigenvalue weighted by Crippen LogP contribution is -2.53. The number of pyridine rings is 2. The van der Waals surface area contributed by atoms with Crippen molar-refractivity contribution in [1.82, 2.24) is 9.97 Å². The van der Waals surface area contributed by atoms with Gasteiger partial charge in [0.1, 0.15) is 6.04 Å².